The van der Waals surface area contributed by atoms with Gasteiger partial charge in [0, 0.05) is 11.3 Å². The number of carbonyl (C=O) groups is 2. The van der Waals surface area contributed by atoms with Crippen LogP contribution in [0.3, 0.4) is 0 Å². The van der Waals surface area contributed by atoms with Gasteiger partial charge in [-0.2, -0.15) is 0 Å². The fourth-order valence-electron chi connectivity index (χ4n) is 2.37. The Morgan fingerprint density at radius 3 is 2.62 bits per heavy atom. The number of aliphatic carboxylic acids is 1. The van der Waals surface area contributed by atoms with Crippen LogP contribution in [-0.2, 0) is 14.8 Å². The van der Waals surface area contributed by atoms with Gasteiger partial charge in [0.1, 0.15) is 6.04 Å². The largest absolute Gasteiger partial charge is 0.480 e. The number of hydrogen-bond acceptors (Lipinski definition) is 4. The van der Waals surface area contributed by atoms with Crippen LogP contribution >= 0.6 is 0 Å². The fourth-order valence-corrected chi connectivity index (χ4v) is 3.50. The van der Waals surface area contributed by atoms with Crippen molar-refractivity contribution in [1.82, 2.24) is 5.32 Å². The molecule has 0 saturated heterocycles. The average molecular weight is 354 g/mol. The highest BCUT2D eigenvalue weighted by atomic mass is 32.2. The lowest BCUT2D eigenvalue weighted by atomic mass is 10.1. The SMILES string of the molecule is CCCS(=O)(=O)Nc1cccc(C(=O)NC(CC2CC2)C(=O)O)c1. The minimum Gasteiger partial charge on any atom is -0.480 e. The zero-order valence-corrected chi connectivity index (χ0v) is 14.3. The van der Waals surface area contributed by atoms with Crippen LogP contribution in [0.4, 0.5) is 5.69 Å². The number of amides is 1. The lowest BCUT2D eigenvalue weighted by Crippen LogP contribution is -2.41. The molecule has 1 aliphatic rings. The van der Waals surface area contributed by atoms with Gasteiger partial charge in [-0.05, 0) is 37.0 Å². The van der Waals surface area contributed by atoms with E-state index in [0.717, 1.165) is 12.8 Å². The number of rotatable bonds is 9. The van der Waals surface area contributed by atoms with E-state index in [9.17, 15) is 23.1 Å². The van der Waals surface area contributed by atoms with Crippen molar-refractivity contribution in [1.29, 1.82) is 0 Å². The molecule has 3 N–H and O–H groups in total. The molecule has 1 amide bonds. The molecule has 1 aromatic carbocycles. The molecule has 132 valence electrons. The number of hydrogen-bond donors (Lipinski definition) is 3. The molecule has 1 atom stereocenters. The third kappa shape index (κ3) is 5.52. The minimum atomic E-state index is -3.45. The Morgan fingerprint density at radius 1 is 1.33 bits per heavy atom. The summed E-state index contributed by atoms with van der Waals surface area (Å²) in [7, 11) is -3.45. The summed E-state index contributed by atoms with van der Waals surface area (Å²) in [4.78, 5) is 23.5. The van der Waals surface area contributed by atoms with E-state index in [1.807, 2.05) is 0 Å². The van der Waals surface area contributed by atoms with Crippen LogP contribution in [0.25, 0.3) is 0 Å². The first-order valence-corrected chi connectivity index (χ1v) is 9.60. The molecule has 0 spiro atoms. The highest BCUT2D eigenvalue weighted by molar-refractivity contribution is 7.92. The smallest absolute Gasteiger partial charge is 0.326 e. The van der Waals surface area contributed by atoms with Gasteiger partial charge in [-0.3, -0.25) is 9.52 Å². The molecule has 0 radical (unpaired) electrons. The Morgan fingerprint density at radius 2 is 2.04 bits per heavy atom. The van der Waals surface area contributed by atoms with E-state index in [2.05, 4.69) is 10.0 Å². The number of benzene rings is 1. The van der Waals surface area contributed by atoms with Gasteiger partial charge in [-0.1, -0.05) is 25.8 Å². The predicted molar refractivity (Wildman–Crippen MR) is 90.4 cm³/mol. The van der Waals surface area contributed by atoms with Gasteiger partial charge in [0.25, 0.3) is 5.91 Å². The lowest BCUT2D eigenvalue weighted by molar-refractivity contribution is -0.139. The van der Waals surface area contributed by atoms with Gasteiger partial charge < -0.3 is 10.4 Å². The van der Waals surface area contributed by atoms with Crippen LogP contribution in [0, 0.1) is 5.92 Å². The second kappa shape index (κ2) is 7.65. The Bertz CT molecular complexity index is 713. The maximum absolute atomic E-state index is 12.3. The number of carboxylic acid groups (broad SMARTS) is 1. The molecule has 0 bridgehead atoms. The molecule has 0 heterocycles. The molecular weight excluding hydrogens is 332 g/mol. The van der Waals surface area contributed by atoms with Crippen LogP contribution < -0.4 is 10.0 Å². The van der Waals surface area contributed by atoms with E-state index in [-0.39, 0.29) is 17.0 Å². The second-order valence-electron chi connectivity index (χ2n) is 6.05. The fraction of sp³-hybridized carbons (Fsp3) is 0.500. The highest BCUT2D eigenvalue weighted by Crippen LogP contribution is 2.33. The molecular formula is C16H22N2O5S. The maximum atomic E-state index is 12.3. The summed E-state index contributed by atoms with van der Waals surface area (Å²) in [5.74, 6) is -1.24. The second-order valence-corrected chi connectivity index (χ2v) is 7.89. The van der Waals surface area contributed by atoms with Crippen molar-refractivity contribution in [2.24, 2.45) is 5.92 Å². The predicted octanol–water partition coefficient (Wildman–Crippen LogP) is 1.82. The highest BCUT2D eigenvalue weighted by Gasteiger charge is 2.30. The lowest BCUT2D eigenvalue weighted by Gasteiger charge is -2.14. The summed E-state index contributed by atoms with van der Waals surface area (Å²) in [6.45, 7) is 1.76. The number of nitrogens with one attached hydrogen (secondary N) is 2. The van der Waals surface area contributed by atoms with Crippen LogP contribution in [0.2, 0.25) is 0 Å². The maximum Gasteiger partial charge on any atom is 0.326 e. The van der Waals surface area contributed by atoms with Crippen molar-refractivity contribution in [3.63, 3.8) is 0 Å². The zero-order valence-electron chi connectivity index (χ0n) is 13.5. The standard InChI is InChI=1S/C16H22N2O5S/c1-2-8-24(22,23)18-13-5-3-4-12(10-13)15(19)17-14(16(20)21)9-11-6-7-11/h3-5,10-11,14,18H,2,6-9H2,1H3,(H,17,19)(H,20,21). The first-order valence-electron chi connectivity index (χ1n) is 7.95. The number of carboxylic acids is 1. The van der Waals surface area contributed by atoms with Crippen molar-refractivity contribution in [2.75, 3.05) is 10.5 Å². The van der Waals surface area contributed by atoms with Gasteiger partial charge in [0.15, 0.2) is 0 Å². The van der Waals surface area contributed by atoms with Gasteiger partial charge in [-0.25, -0.2) is 13.2 Å². The first-order chi connectivity index (χ1) is 11.3. The summed E-state index contributed by atoms with van der Waals surface area (Å²) in [6, 6.07) is 5.09. The van der Waals surface area contributed by atoms with E-state index in [1.165, 1.54) is 12.1 Å². The Balaban J connectivity index is 2.06. The Kier molecular flexibility index (Phi) is 5.82. The van der Waals surface area contributed by atoms with E-state index < -0.39 is 27.9 Å². The topological polar surface area (TPSA) is 113 Å². The average Bonchev–Trinajstić information content (AvgIpc) is 3.30. The summed E-state index contributed by atoms with van der Waals surface area (Å²) < 4.78 is 26.0. The number of sulfonamides is 1. The number of carbonyl (C=O) groups excluding carboxylic acids is 1. The van der Waals surface area contributed by atoms with Gasteiger partial charge in [-0.15, -0.1) is 0 Å². The first kappa shape index (κ1) is 18.3. The zero-order chi connectivity index (χ0) is 17.7. The Hall–Kier alpha value is -2.09. The molecule has 7 nitrogen and oxygen atoms in total. The summed E-state index contributed by atoms with van der Waals surface area (Å²) in [5, 5.41) is 11.7. The summed E-state index contributed by atoms with van der Waals surface area (Å²) >= 11 is 0. The molecule has 1 unspecified atom stereocenters. The van der Waals surface area contributed by atoms with Crippen LogP contribution in [-0.4, -0.2) is 37.2 Å². The van der Waals surface area contributed by atoms with Crippen LogP contribution in [0.1, 0.15) is 43.0 Å². The third-order valence-corrected chi connectivity index (χ3v) is 5.23. The van der Waals surface area contributed by atoms with Gasteiger partial charge in [0.2, 0.25) is 10.0 Å². The molecule has 0 aromatic heterocycles. The van der Waals surface area contributed by atoms with E-state index in [4.69, 9.17) is 0 Å². The molecule has 1 fully saturated rings. The van der Waals surface area contributed by atoms with Crippen molar-refractivity contribution >= 4 is 27.6 Å². The van der Waals surface area contributed by atoms with Gasteiger partial charge >= 0.3 is 5.97 Å². The van der Waals surface area contributed by atoms with Crippen molar-refractivity contribution in [2.45, 2.75) is 38.6 Å². The van der Waals surface area contributed by atoms with Crippen molar-refractivity contribution in [3.05, 3.63) is 29.8 Å². The minimum absolute atomic E-state index is 0.00803. The molecule has 1 aliphatic carbocycles. The summed E-state index contributed by atoms with van der Waals surface area (Å²) in [6.07, 6.45) is 2.89. The van der Waals surface area contributed by atoms with E-state index in [0.29, 0.717) is 18.8 Å². The quantitative estimate of drug-likeness (QED) is 0.626. The Labute approximate surface area is 141 Å². The third-order valence-electron chi connectivity index (χ3n) is 3.74. The molecule has 1 saturated carbocycles. The molecule has 24 heavy (non-hydrogen) atoms. The monoisotopic (exact) mass is 354 g/mol. The van der Waals surface area contributed by atoms with Crippen LogP contribution in [0.5, 0.6) is 0 Å². The van der Waals surface area contributed by atoms with Crippen LogP contribution in [0.15, 0.2) is 24.3 Å². The molecule has 2 rings (SSSR count). The molecule has 1 aromatic rings. The normalized spacial score (nSPS) is 15.5. The van der Waals surface area contributed by atoms with E-state index >= 15 is 0 Å². The summed E-state index contributed by atoms with van der Waals surface area (Å²) in [5.41, 5.74) is 0.499. The number of anilines is 1. The van der Waals surface area contributed by atoms with Crippen molar-refractivity contribution < 1.29 is 23.1 Å². The van der Waals surface area contributed by atoms with Crippen molar-refractivity contribution in [3.8, 4) is 0 Å². The van der Waals surface area contributed by atoms with Gasteiger partial charge in [0.05, 0.1) is 5.75 Å². The molecule has 8 heteroatoms. The molecule has 0 aliphatic heterocycles. The van der Waals surface area contributed by atoms with E-state index in [1.54, 1.807) is 19.1 Å².